The Morgan fingerprint density at radius 3 is 2.70 bits per heavy atom. The molecule has 0 unspecified atom stereocenters. The van der Waals surface area contributed by atoms with E-state index in [2.05, 4.69) is 10.5 Å². The molecule has 0 bridgehead atoms. The van der Waals surface area contributed by atoms with Crippen LogP contribution in [-0.2, 0) is 11.0 Å². The fraction of sp³-hybridized carbons (Fsp3) is 0.100. The molecule has 0 aliphatic rings. The number of hydrogen-bond donors (Lipinski definition) is 1. The summed E-state index contributed by atoms with van der Waals surface area (Å²) in [6.45, 7) is -0.356. The third-order valence-corrected chi connectivity index (χ3v) is 4.28. The first-order valence-corrected chi connectivity index (χ1v) is 9.15. The molecule has 0 radical (unpaired) electrons. The number of hydrazone groups is 1. The highest BCUT2D eigenvalue weighted by molar-refractivity contribution is 6.34. The van der Waals surface area contributed by atoms with Gasteiger partial charge in [-0.15, -0.1) is 0 Å². The first kappa shape index (κ1) is 21.7. The molecule has 0 atom stereocenters. The zero-order valence-corrected chi connectivity index (χ0v) is 16.6. The third kappa shape index (κ3) is 5.77. The topological polar surface area (TPSA) is 63.8 Å². The Balaban J connectivity index is 1.57. The molecule has 5 nitrogen and oxygen atoms in total. The lowest BCUT2D eigenvalue weighted by molar-refractivity contribution is -0.137. The van der Waals surface area contributed by atoms with Crippen molar-refractivity contribution in [3.63, 3.8) is 0 Å². The Kier molecular flexibility index (Phi) is 6.69. The molecule has 0 aliphatic carbocycles. The lowest BCUT2D eigenvalue weighted by atomic mass is 10.1. The average Bonchev–Trinajstić information content (AvgIpc) is 3.17. The average molecular weight is 457 g/mol. The van der Waals surface area contributed by atoms with Crippen molar-refractivity contribution in [2.45, 2.75) is 6.18 Å². The van der Waals surface area contributed by atoms with Gasteiger partial charge in [0, 0.05) is 16.7 Å². The molecular weight excluding hydrogens is 444 g/mol. The molecule has 156 valence electrons. The summed E-state index contributed by atoms with van der Waals surface area (Å²) in [6, 6.07) is 12.3. The molecule has 0 saturated heterocycles. The molecule has 10 heteroatoms. The highest BCUT2D eigenvalue weighted by Gasteiger charge is 2.30. The van der Waals surface area contributed by atoms with E-state index in [0.717, 1.165) is 12.1 Å². The number of hydrogen-bond acceptors (Lipinski definition) is 4. The molecule has 1 aromatic heterocycles. The van der Waals surface area contributed by atoms with Gasteiger partial charge in [-0.05, 0) is 36.4 Å². The van der Waals surface area contributed by atoms with Gasteiger partial charge in [0.15, 0.2) is 6.61 Å². The van der Waals surface area contributed by atoms with Crippen molar-refractivity contribution in [2.75, 3.05) is 6.61 Å². The number of carbonyl (C=O) groups excluding carboxylic acids is 1. The Morgan fingerprint density at radius 1 is 1.13 bits per heavy atom. The predicted octanol–water partition coefficient (Wildman–Crippen LogP) is 5.80. The largest absolute Gasteiger partial charge is 0.482 e. The number of nitrogens with one attached hydrogen (secondary N) is 1. The van der Waals surface area contributed by atoms with Gasteiger partial charge in [0.25, 0.3) is 5.91 Å². The van der Waals surface area contributed by atoms with E-state index in [0.29, 0.717) is 10.0 Å². The van der Waals surface area contributed by atoms with Crippen LogP contribution in [0.4, 0.5) is 13.2 Å². The van der Waals surface area contributed by atoms with E-state index >= 15 is 0 Å². The summed E-state index contributed by atoms with van der Waals surface area (Å²) >= 11 is 11.8. The van der Waals surface area contributed by atoms with E-state index < -0.39 is 17.6 Å². The molecule has 0 fully saturated rings. The standard InChI is InChI=1S/C20H13Cl2F3N2O3/c21-14-4-6-16(22)18(9-14)29-11-19(28)27-26-10-15-5-7-17(30-15)12-2-1-3-13(8-12)20(23,24)25/h1-10H,11H2,(H,27,28)/b26-10+. The van der Waals surface area contributed by atoms with Crippen LogP contribution in [0.5, 0.6) is 5.75 Å². The highest BCUT2D eigenvalue weighted by atomic mass is 35.5. The van der Waals surface area contributed by atoms with Crippen LogP contribution in [0.15, 0.2) is 64.1 Å². The van der Waals surface area contributed by atoms with Gasteiger partial charge in [0.2, 0.25) is 0 Å². The third-order valence-electron chi connectivity index (χ3n) is 3.73. The fourth-order valence-electron chi connectivity index (χ4n) is 2.36. The van der Waals surface area contributed by atoms with Crippen molar-refractivity contribution in [1.29, 1.82) is 0 Å². The fourth-order valence-corrected chi connectivity index (χ4v) is 2.69. The van der Waals surface area contributed by atoms with E-state index in [4.69, 9.17) is 32.4 Å². The minimum absolute atomic E-state index is 0.229. The summed E-state index contributed by atoms with van der Waals surface area (Å²) in [5.41, 5.74) is 1.72. The second kappa shape index (κ2) is 9.23. The maximum absolute atomic E-state index is 12.8. The van der Waals surface area contributed by atoms with Crippen molar-refractivity contribution in [3.05, 3.63) is 76.0 Å². The van der Waals surface area contributed by atoms with Crippen molar-refractivity contribution in [1.82, 2.24) is 5.43 Å². The number of rotatable bonds is 6. The molecule has 2 aromatic carbocycles. The molecule has 3 rings (SSSR count). The van der Waals surface area contributed by atoms with Crippen LogP contribution in [-0.4, -0.2) is 18.7 Å². The maximum atomic E-state index is 12.8. The summed E-state index contributed by atoms with van der Waals surface area (Å²) < 4.78 is 49.2. The smallest absolute Gasteiger partial charge is 0.416 e. The van der Waals surface area contributed by atoms with Crippen molar-refractivity contribution >= 4 is 35.3 Å². The second-order valence-electron chi connectivity index (χ2n) is 5.94. The number of amides is 1. The van der Waals surface area contributed by atoms with Gasteiger partial charge in [-0.1, -0.05) is 35.3 Å². The van der Waals surface area contributed by atoms with Crippen LogP contribution in [0.1, 0.15) is 11.3 Å². The van der Waals surface area contributed by atoms with Gasteiger partial charge in [-0.3, -0.25) is 4.79 Å². The number of benzene rings is 2. The van der Waals surface area contributed by atoms with Gasteiger partial charge < -0.3 is 9.15 Å². The van der Waals surface area contributed by atoms with Gasteiger partial charge in [0.05, 0.1) is 16.8 Å². The van der Waals surface area contributed by atoms with Crippen LogP contribution >= 0.6 is 23.2 Å². The Bertz CT molecular complexity index is 1080. The summed E-state index contributed by atoms with van der Waals surface area (Å²) in [5, 5.41) is 4.42. The Hall–Kier alpha value is -2.97. The first-order chi connectivity index (χ1) is 14.2. The number of halogens is 5. The quantitative estimate of drug-likeness (QED) is 0.376. The number of ether oxygens (including phenoxy) is 1. The highest BCUT2D eigenvalue weighted by Crippen LogP contribution is 2.32. The number of carbonyl (C=O) groups is 1. The van der Waals surface area contributed by atoms with Crippen LogP contribution in [0.3, 0.4) is 0 Å². The monoisotopic (exact) mass is 456 g/mol. The second-order valence-corrected chi connectivity index (χ2v) is 6.78. The summed E-state index contributed by atoms with van der Waals surface area (Å²) in [5.74, 6) is 0.154. The molecule has 3 aromatic rings. The number of alkyl halides is 3. The molecule has 1 heterocycles. The summed E-state index contributed by atoms with van der Waals surface area (Å²) in [4.78, 5) is 11.8. The Morgan fingerprint density at radius 2 is 1.93 bits per heavy atom. The van der Waals surface area contributed by atoms with Crippen molar-refractivity contribution in [2.24, 2.45) is 5.10 Å². The van der Waals surface area contributed by atoms with E-state index in [-0.39, 0.29) is 29.4 Å². The van der Waals surface area contributed by atoms with Crippen molar-refractivity contribution < 1.29 is 27.1 Å². The zero-order chi connectivity index (χ0) is 21.7. The van der Waals surface area contributed by atoms with Crippen LogP contribution in [0, 0.1) is 0 Å². The lowest BCUT2D eigenvalue weighted by Gasteiger charge is -2.07. The maximum Gasteiger partial charge on any atom is 0.416 e. The zero-order valence-electron chi connectivity index (χ0n) is 15.0. The van der Waals surface area contributed by atoms with Gasteiger partial charge in [0.1, 0.15) is 17.3 Å². The molecule has 1 amide bonds. The van der Waals surface area contributed by atoms with Crippen LogP contribution in [0.25, 0.3) is 11.3 Å². The van der Waals surface area contributed by atoms with Crippen molar-refractivity contribution in [3.8, 4) is 17.1 Å². The van der Waals surface area contributed by atoms with Crippen LogP contribution < -0.4 is 10.2 Å². The Labute approximate surface area is 179 Å². The van der Waals surface area contributed by atoms with Gasteiger partial charge in [-0.25, -0.2) is 5.43 Å². The normalized spacial score (nSPS) is 11.6. The molecule has 30 heavy (non-hydrogen) atoms. The number of furan rings is 1. The molecule has 1 N–H and O–H groups in total. The van der Waals surface area contributed by atoms with E-state index in [9.17, 15) is 18.0 Å². The molecular formula is C20H13Cl2F3N2O3. The molecule has 0 spiro atoms. The van der Waals surface area contributed by atoms with Gasteiger partial charge >= 0.3 is 6.18 Å². The summed E-state index contributed by atoms with van der Waals surface area (Å²) in [6.07, 6.45) is -3.24. The summed E-state index contributed by atoms with van der Waals surface area (Å²) in [7, 11) is 0. The predicted molar refractivity (Wildman–Crippen MR) is 107 cm³/mol. The molecule has 0 aliphatic heterocycles. The minimum atomic E-state index is -4.45. The van der Waals surface area contributed by atoms with E-state index in [1.54, 1.807) is 6.07 Å². The SMILES string of the molecule is O=C(COc1cc(Cl)ccc1Cl)N/N=C/c1ccc(-c2cccc(C(F)(F)F)c2)o1. The van der Waals surface area contributed by atoms with E-state index in [1.807, 2.05) is 0 Å². The van der Waals surface area contributed by atoms with Gasteiger partial charge in [-0.2, -0.15) is 18.3 Å². The lowest BCUT2D eigenvalue weighted by Crippen LogP contribution is -2.24. The minimum Gasteiger partial charge on any atom is -0.482 e. The van der Waals surface area contributed by atoms with E-state index in [1.165, 1.54) is 42.6 Å². The van der Waals surface area contributed by atoms with Crippen LogP contribution in [0.2, 0.25) is 10.0 Å². The first-order valence-electron chi connectivity index (χ1n) is 8.39. The molecule has 0 saturated carbocycles. The number of nitrogens with zero attached hydrogens (tertiary/aromatic N) is 1.